The van der Waals surface area contributed by atoms with E-state index in [0.29, 0.717) is 0 Å². The summed E-state index contributed by atoms with van der Waals surface area (Å²) in [6.07, 6.45) is 8.91. The molecule has 1 saturated heterocycles. The summed E-state index contributed by atoms with van der Waals surface area (Å²) < 4.78 is 0. The summed E-state index contributed by atoms with van der Waals surface area (Å²) >= 11 is 0. The molecule has 0 atom stereocenters. The zero-order valence-corrected chi connectivity index (χ0v) is 9.37. The van der Waals surface area contributed by atoms with Gasteiger partial charge in [-0.2, -0.15) is 0 Å². The number of carboxylic acid groups (broad SMARTS) is 2. The van der Waals surface area contributed by atoms with Gasteiger partial charge in [0.05, 0.1) is 0 Å². The van der Waals surface area contributed by atoms with Crippen LogP contribution in [-0.4, -0.2) is 35.2 Å². The molecule has 0 bridgehead atoms. The first kappa shape index (κ1) is 13.0. The maximum absolute atomic E-state index is 9.10. The van der Waals surface area contributed by atoms with Gasteiger partial charge in [0.25, 0.3) is 0 Å². The Bertz CT molecular complexity index is 239. The normalized spacial score (nSPS) is 22.2. The van der Waals surface area contributed by atoms with Crippen molar-refractivity contribution in [3.8, 4) is 0 Å². The van der Waals surface area contributed by atoms with Gasteiger partial charge in [-0.15, -0.1) is 0 Å². The van der Waals surface area contributed by atoms with E-state index in [-0.39, 0.29) is 0 Å². The van der Waals surface area contributed by atoms with Crippen molar-refractivity contribution in [2.75, 3.05) is 13.1 Å². The minimum atomic E-state index is -1.82. The number of hydrogen-bond donors (Lipinski definition) is 3. The standard InChI is InChI=1S/C9H17N.C2H2O4/c1-2-4-9(5-3-1)6-7-10-8-9;3-1(4)2(5)6/h10H,1-8H2;(H,3,4)(H,5,6). The van der Waals surface area contributed by atoms with Crippen molar-refractivity contribution >= 4 is 11.9 Å². The maximum Gasteiger partial charge on any atom is 0.414 e. The van der Waals surface area contributed by atoms with E-state index < -0.39 is 11.9 Å². The Morgan fingerprint density at radius 3 is 1.88 bits per heavy atom. The fraction of sp³-hybridized carbons (Fsp3) is 0.818. The predicted octanol–water partition coefficient (Wildman–Crippen LogP) is 1.09. The molecule has 0 radical (unpaired) electrons. The summed E-state index contributed by atoms with van der Waals surface area (Å²) in [5.41, 5.74) is 0.762. The Balaban J connectivity index is 0.000000187. The van der Waals surface area contributed by atoms with Gasteiger partial charge in [-0.1, -0.05) is 19.3 Å². The van der Waals surface area contributed by atoms with E-state index in [2.05, 4.69) is 5.32 Å². The molecule has 92 valence electrons. The van der Waals surface area contributed by atoms with Crippen LogP contribution in [0.15, 0.2) is 0 Å². The Labute approximate surface area is 94.8 Å². The molecule has 0 aromatic carbocycles. The average Bonchev–Trinajstić information content (AvgIpc) is 2.68. The summed E-state index contributed by atoms with van der Waals surface area (Å²) in [6.45, 7) is 2.59. The van der Waals surface area contributed by atoms with E-state index in [1.807, 2.05) is 0 Å². The number of carbonyl (C=O) groups is 2. The van der Waals surface area contributed by atoms with Gasteiger partial charge in [0, 0.05) is 6.54 Å². The molecule has 1 spiro atoms. The van der Waals surface area contributed by atoms with Gasteiger partial charge in [0.15, 0.2) is 0 Å². The second-order valence-corrected chi connectivity index (χ2v) is 4.60. The largest absolute Gasteiger partial charge is 0.473 e. The Morgan fingerprint density at radius 2 is 1.50 bits per heavy atom. The molecule has 0 aromatic rings. The molecule has 1 heterocycles. The molecule has 1 saturated carbocycles. The molecule has 5 heteroatoms. The highest BCUT2D eigenvalue weighted by Crippen LogP contribution is 2.40. The lowest BCUT2D eigenvalue weighted by Gasteiger charge is -2.32. The van der Waals surface area contributed by atoms with Gasteiger partial charge in [-0.25, -0.2) is 9.59 Å². The lowest BCUT2D eigenvalue weighted by Crippen LogP contribution is -2.26. The van der Waals surface area contributed by atoms with Gasteiger partial charge in [0.2, 0.25) is 0 Å². The van der Waals surface area contributed by atoms with Crippen molar-refractivity contribution in [2.24, 2.45) is 5.41 Å². The van der Waals surface area contributed by atoms with Crippen LogP contribution in [0, 0.1) is 5.41 Å². The first-order chi connectivity index (χ1) is 7.56. The fourth-order valence-corrected chi connectivity index (χ4v) is 2.52. The van der Waals surface area contributed by atoms with Crippen LogP contribution in [0.25, 0.3) is 0 Å². The Hall–Kier alpha value is -1.10. The van der Waals surface area contributed by atoms with Crippen LogP contribution in [0.4, 0.5) is 0 Å². The molecular weight excluding hydrogens is 210 g/mol. The second kappa shape index (κ2) is 5.84. The Morgan fingerprint density at radius 1 is 0.938 bits per heavy atom. The zero-order valence-electron chi connectivity index (χ0n) is 9.37. The van der Waals surface area contributed by atoms with Gasteiger partial charge in [0.1, 0.15) is 0 Å². The number of hydrogen-bond acceptors (Lipinski definition) is 3. The molecule has 1 aliphatic heterocycles. The Kier molecular flexibility index (Phi) is 4.73. The third-order valence-electron chi connectivity index (χ3n) is 3.43. The van der Waals surface area contributed by atoms with Crippen molar-refractivity contribution in [1.82, 2.24) is 5.32 Å². The highest BCUT2D eigenvalue weighted by Gasteiger charge is 2.34. The second-order valence-electron chi connectivity index (χ2n) is 4.60. The zero-order chi connectivity index (χ0) is 12.0. The summed E-state index contributed by atoms with van der Waals surface area (Å²) in [5, 5.41) is 18.3. The molecule has 0 amide bonds. The first-order valence-electron chi connectivity index (χ1n) is 5.73. The van der Waals surface area contributed by atoms with Gasteiger partial charge in [-0.3, -0.25) is 0 Å². The SMILES string of the molecule is C1CCC2(CC1)CCNC2.O=C(O)C(=O)O. The van der Waals surface area contributed by atoms with Gasteiger partial charge < -0.3 is 15.5 Å². The summed E-state index contributed by atoms with van der Waals surface area (Å²) in [6, 6.07) is 0. The van der Waals surface area contributed by atoms with Gasteiger partial charge >= 0.3 is 11.9 Å². The lowest BCUT2D eigenvalue weighted by molar-refractivity contribution is -0.159. The van der Waals surface area contributed by atoms with E-state index in [9.17, 15) is 0 Å². The third kappa shape index (κ3) is 3.81. The highest BCUT2D eigenvalue weighted by atomic mass is 16.4. The van der Waals surface area contributed by atoms with Crippen LogP contribution in [-0.2, 0) is 9.59 Å². The van der Waals surface area contributed by atoms with E-state index in [0.717, 1.165) is 5.41 Å². The molecule has 0 unspecified atom stereocenters. The summed E-state index contributed by atoms with van der Waals surface area (Å²) in [5.74, 6) is -3.65. The van der Waals surface area contributed by atoms with E-state index in [4.69, 9.17) is 19.8 Å². The summed E-state index contributed by atoms with van der Waals surface area (Å²) in [7, 11) is 0. The minimum absolute atomic E-state index is 0.762. The van der Waals surface area contributed by atoms with Crippen molar-refractivity contribution in [3.63, 3.8) is 0 Å². The number of aliphatic carboxylic acids is 2. The number of carboxylic acids is 2. The van der Waals surface area contributed by atoms with Crippen LogP contribution in [0.3, 0.4) is 0 Å². The molecule has 0 aromatic heterocycles. The van der Waals surface area contributed by atoms with Crippen molar-refractivity contribution in [1.29, 1.82) is 0 Å². The average molecular weight is 229 g/mol. The van der Waals surface area contributed by atoms with Crippen LogP contribution >= 0.6 is 0 Å². The molecule has 16 heavy (non-hydrogen) atoms. The van der Waals surface area contributed by atoms with E-state index in [1.54, 1.807) is 0 Å². The third-order valence-corrected chi connectivity index (χ3v) is 3.43. The molecule has 1 aliphatic carbocycles. The molecule has 2 aliphatic rings. The maximum atomic E-state index is 9.10. The summed E-state index contributed by atoms with van der Waals surface area (Å²) in [4.78, 5) is 18.2. The minimum Gasteiger partial charge on any atom is -0.473 e. The van der Waals surface area contributed by atoms with Crippen molar-refractivity contribution in [2.45, 2.75) is 38.5 Å². The molecule has 3 N–H and O–H groups in total. The molecule has 2 fully saturated rings. The van der Waals surface area contributed by atoms with E-state index >= 15 is 0 Å². The predicted molar refractivity (Wildman–Crippen MR) is 58.3 cm³/mol. The number of rotatable bonds is 0. The van der Waals surface area contributed by atoms with Crippen LogP contribution < -0.4 is 5.32 Å². The van der Waals surface area contributed by atoms with E-state index in [1.165, 1.54) is 51.6 Å². The van der Waals surface area contributed by atoms with Crippen LogP contribution in [0.2, 0.25) is 0 Å². The topological polar surface area (TPSA) is 86.6 Å². The van der Waals surface area contributed by atoms with Crippen LogP contribution in [0.1, 0.15) is 38.5 Å². The van der Waals surface area contributed by atoms with Crippen molar-refractivity contribution < 1.29 is 19.8 Å². The van der Waals surface area contributed by atoms with Crippen LogP contribution in [0.5, 0.6) is 0 Å². The van der Waals surface area contributed by atoms with Gasteiger partial charge in [-0.05, 0) is 31.2 Å². The monoisotopic (exact) mass is 229 g/mol. The van der Waals surface area contributed by atoms with Crippen molar-refractivity contribution in [3.05, 3.63) is 0 Å². The first-order valence-corrected chi connectivity index (χ1v) is 5.73. The quantitative estimate of drug-likeness (QED) is 0.541. The fourth-order valence-electron chi connectivity index (χ4n) is 2.52. The number of nitrogens with one attached hydrogen (secondary N) is 1. The highest BCUT2D eigenvalue weighted by molar-refractivity contribution is 6.27. The smallest absolute Gasteiger partial charge is 0.414 e. The molecule has 2 rings (SSSR count). The molecule has 5 nitrogen and oxygen atoms in total. The molecular formula is C11H19NO4. The lowest BCUT2D eigenvalue weighted by atomic mass is 9.74.